The molecule has 3 aromatic carbocycles. The smallest absolute Gasteiger partial charge is 0.308 e. The minimum Gasteiger partial charge on any atom is -0.456 e. The number of hydrogen-bond donors (Lipinski definition) is 0. The fourth-order valence-electron chi connectivity index (χ4n) is 3.60. The van der Waals surface area contributed by atoms with Crippen LogP contribution in [0.3, 0.4) is 0 Å². The molecule has 0 aromatic heterocycles. The molecule has 1 unspecified atom stereocenters. The Hall–Kier alpha value is -2.92. The molecule has 0 aliphatic heterocycles. The van der Waals surface area contributed by atoms with Crippen LogP contribution >= 0.6 is 0 Å². The second-order valence-corrected chi connectivity index (χ2v) is 7.11. The quantitative estimate of drug-likeness (QED) is 0.326. The van der Waals surface area contributed by atoms with Gasteiger partial charge in [-0.1, -0.05) is 44.2 Å². The molecule has 0 heterocycles. The molecule has 29 heavy (non-hydrogen) atoms. The van der Waals surface area contributed by atoms with Gasteiger partial charge in [-0.25, -0.2) is 0 Å². The first kappa shape index (κ1) is 20.8. The average Bonchev–Trinajstić information content (AvgIpc) is 2.69. The van der Waals surface area contributed by atoms with E-state index < -0.39 is 0 Å². The number of carbonyl (C=O) groups is 2. The minimum atomic E-state index is -0.348. The van der Waals surface area contributed by atoms with Gasteiger partial charge < -0.3 is 9.47 Å². The van der Waals surface area contributed by atoms with Crippen molar-refractivity contribution in [2.75, 3.05) is 19.6 Å². The number of likely N-dealkylation sites (N-methyl/N-ethyl adjacent to an activating group) is 1. The maximum atomic E-state index is 11.7. The van der Waals surface area contributed by atoms with E-state index in [4.69, 9.17) is 9.47 Å². The summed E-state index contributed by atoms with van der Waals surface area (Å²) in [5, 5.41) is 4.15. The molecule has 3 rings (SSSR count). The third kappa shape index (κ3) is 4.93. The van der Waals surface area contributed by atoms with Crippen molar-refractivity contribution in [2.45, 2.75) is 33.8 Å². The van der Waals surface area contributed by atoms with E-state index in [1.807, 2.05) is 30.3 Å². The lowest BCUT2D eigenvalue weighted by Crippen LogP contribution is -2.30. The summed E-state index contributed by atoms with van der Waals surface area (Å²) in [7, 11) is 0. The number of ether oxygens (including phenoxy) is 2. The van der Waals surface area contributed by atoms with Gasteiger partial charge in [0.15, 0.2) is 0 Å². The number of hydrogen-bond acceptors (Lipinski definition) is 5. The summed E-state index contributed by atoms with van der Waals surface area (Å²) in [6.45, 7) is 9.44. The number of fused-ring (bicyclic) bond motifs is 3. The van der Waals surface area contributed by atoms with Crippen molar-refractivity contribution in [3.05, 3.63) is 54.1 Å². The molecule has 0 spiro atoms. The number of rotatable bonds is 7. The Kier molecular flexibility index (Phi) is 6.49. The van der Waals surface area contributed by atoms with Crippen molar-refractivity contribution in [1.29, 1.82) is 0 Å². The molecule has 0 saturated carbocycles. The lowest BCUT2D eigenvalue weighted by molar-refractivity contribution is -0.147. The van der Waals surface area contributed by atoms with Gasteiger partial charge in [0, 0.05) is 20.4 Å². The standard InChI is InChI=1S/C24H27NO4/c1-5-25(6-2)15-24(29-17(4)27)20-10-9-18-7-8-19-11-12-21(28-16(3)26)14-23(19)22(18)13-20/h7-14,24H,5-6,15H2,1-4H3. The Bertz CT molecular complexity index is 1040. The third-order valence-corrected chi connectivity index (χ3v) is 5.09. The summed E-state index contributed by atoms with van der Waals surface area (Å²) in [6.07, 6.45) is -0.344. The highest BCUT2D eigenvalue weighted by atomic mass is 16.5. The Labute approximate surface area is 171 Å². The van der Waals surface area contributed by atoms with E-state index in [1.165, 1.54) is 13.8 Å². The van der Waals surface area contributed by atoms with Crippen LogP contribution < -0.4 is 4.74 Å². The van der Waals surface area contributed by atoms with E-state index >= 15 is 0 Å². The van der Waals surface area contributed by atoms with Crippen LogP contribution in [0.15, 0.2) is 48.5 Å². The zero-order valence-corrected chi connectivity index (χ0v) is 17.4. The molecule has 3 aromatic rings. The summed E-state index contributed by atoms with van der Waals surface area (Å²) in [5.74, 6) is -0.126. The van der Waals surface area contributed by atoms with Crippen LogP contribution in [0.5, 0.6) is 5.75 Å². The minimum absolute atomic E-state index is 0.294. The fourth-order valence-corrected chi connectivity index (χ4v) is 3.60. The van der Waals surface area contributed by atoms with Crippen LogP contribution in [-0.4, -0.2) is 36.5 Å². The normalized spacial score (nSPS) is 12.3. The van der Waals surface area contributed by atoms with E-state index in [9.17, 15) is 9.59 Å². The lowest BCUT2D eigenvalue weighted by atomic mass is 9.97. The number of carbonyl (C=O) groups excluding carboxylic acids is 2. The van der Waals surface area contributed by atoms with Crippen molar-refractivity contribution in [3.8, 4) is 5.75 Å². The van der Waals surface area contributed by atoms with Crippen LogP contribution in [0.25, 0.3) is 21.5 Å². The van der Waals surface area contributed by atoms with Crippen molar-refractivity contribution in [1.82, 2.24) is 4.90 Å². The second kappa shape index (κ2) is 9.05. The molecule has 0 N–H and O–H groups in total. The van der Waals surface area contributed by atoms with Gasteiger partial charge in [0.1, 0.15) is 11.9 Å². The van der Waals surface area contributed by atoms with Gasteiger partial charge in [-0.3, -0.25) is 14.5 Å². The molecule has 5 heteroatoms. The predicted octanol–water partition coefficient (Wildman–Crippen LogP) is 4.86. The molecule has 0 bridgehead atoms. The molecular formula is C24H27NO4. The van der Waals surface area contributed by atoms with E-state index in [1.54, 1.807) is 6.07 Å². The molecule has 5 nitrogen and oxygen atoms in total. The Morgan fingerprint density at radius 2 is 1.45 bits per heavy atom. The van der Waals surface area contributed by atoms with Crippen molar-refractivity contribution < 1.29 is 19.1 Å². The van der Waals surface area contributed by atoms with Crippen LogP contribution in [-0.2, 0) is 14.3 Å². The second-order valence-electron chi connectivity index (χ2n) is 7.11. The molecule has 1 atom stereocenters. The maximum Gasteiger partial charge on any atom is 0.308 e. The summed E-state index contributed by atoms with van der Waals surface area (Å²) < 4.78 is 10.9. The van der Waals surface area contributed by atoms with Crippen LogP contribution in [0.1, 0.15) is 39.4 Å². The first-order valence-corrected chi connectivity index (χ1v) is 9.95. The molecule has 0 saturated heterocycles. The van der Waals surface area contributed by atoms with Crippen LogP contribution in [0.4, 0.5) is 0 Å². The molecule has 0 amide bonds. The van der Waals surface area contributed by atoms with Gasteiger partial charge in [-0.2, -0.15) is 0 Å². The molecule has 152 valence electrons. The van der Waals surface area contributed by atoms with Gasteiger partial charge in [-0.15, -0.1) is 0 Å². The SMILES string of the molecule is CCN(CC)CC(OC(C)=O)c1ccc2ccc3ccc(OC(C)=O)cc3c2c1. The summed E-state index contributed by atoms with van der Waals surface area (Å²) in [6, 6.07) is 15.9. The van der Waals surface area contributed by atoms with Crippen LogP contribution in [0, 0.1) is 0 Å². The average molecular weight is 393 g/mol. The monoisotopic (exact) mass is 393 g/mol. The van der Waals surface area contributed by atoms with Crippen molar-refractivity contribution in [2.24, 2.45) is 0 Å². The first-order valence-electron chi connectivity index (χ1n) is 9.95. The number of esters is 2. The Morgan fingerprint density at radius 3 is 2.03 bits per heavy atom. The molecule has 0 radical (unpaired) electrons. The molecule has 0 aliphatic carbocycles. The topological polar surface area (TPSA) is 55.8 Å². The largest absolute Gasteiger partial charge is 0.456 e. The molecule has 0 fully saturated rings. The molecule has 0 aliphatic rings. The van der Waals surface area contributed by atoms with E-state index in [0.29, 0.717) is 12.3 Å². The van der Waals surface area contributed by atoms with Crippen molar-refractivity contribution >= 4 is 33.5 Å². The van der Waals surface area contributed by atoms with Gasteiger partial charge in [0.2, 0.25) is 0 Å². The molecular weight excluding hydrogens is 366 g/mol. The zero-order valence-electron chi connectivity index (χ0n) is 17.4. The highest BCUT2D eigenvalue weighted by Gasteiger charge is 2.18. The highest BCUT2D eigenvalue weighted by molar-refractivity contribution is 6.08. The zero-order chi connectivity index (χ0) is 21.0. The Morgan fingerprint density at radius 1 is 0.862 bits per heavy atom. The van der Waals surface area contributed by atoms with Gasteiger partial charge >= 0.3 is 11.9 Å². The summed E-state index contributed by atoms with van der Waals surface area (Å²) in [5.41, 5.74) is 0.949. The van der Waals surface area contributed by atoms with Crippen LogP contribution in [0.2, 0.25) is 0 Å². The number of nitrogens with zero attached hydrogens (tertiary/aromatic N) is 1. The van der Waals surface area contributed by atoms with Crippen molar-refractivity contribution in [3.63, 3.8) is 0 Å². The van der Waals surface area contributed by atoms with Gasteiger partial charge in [0.25, 0.3) is 0 Å². The van der Waals surface area contributed by atoms with Gasteiger partial charge in [0.05, 0.1) is 0 Å². The lowest BCUT2D eigenvalue weighted by Gasteiger charge is -2.25. The maximum absolute atomic E-state index is 11.7. The van der Waals surface area contributed by atoms with Gasteiger partial charge in [-0.05, 0) is 58.4 Å². The highest BCUT2D eigenvalue weighted by Crippen LogP contribution is 2.32. The third-order valence-electron chi connectivity index (χ3n) is 5.09. The Balaban J connectivity index is 2.10. The van der Waals surface area contributed by atoms with E-state index in [2.05, 4.69) is 30.9 Å². The predicted molar refractivity (Wildman–Crippen MR) is 115 cm³/mol. The fraction of sp³-hybridized carbons (Fsp3) is 0.333. The summed E-state index contributed by atoms with van der Waals surface area (Å²) in [4.78, 5) is 25.3. The number of benzene rings is 3. The first-order chi connectivity index (χ1) is 13.9. The van der Waals surface area contributed by atoms with E-state index in [0.717, 1.165) is 40.2 Å². The summed E-state index contributed by atoms with van der Waals surface area (Å²) >= 11 is 0. The van der Waals surface area contributed by atoms with E-state index in [-0.39, 0.29) is 18.0 Å².